The van der Waals surface area contributed by atoms with Crippen molar-refractivity contribution >= 4 is 28.2 Å². The van der Waals surface area contributed by atoms with E-state index >= 15 is 0 Å². The second-order valence-corrected chi connectivity index (χ2v) is 7.10. The summed E-state index contributed by atoms with van der Waals surface area (Å²) in [4.78, 5) is 28.8. The Kier molecular flexibility index (Phi) is 4.19. The van der Waals surface area contributed by atoms with Crippen molar-refractivity contribution in [3.05, 3.63) is 28.0 Å². The minimum absolute atomic E-state index is 0.0972. The highest BCUT2D eigenvalue weighted by molar-refractivity contribution is 7.14. The largest absolute Gasteiger partial charge is 0.298 e. The van der Waals surface area contributed by atoms with Crippen LogP contribution in [0.4, 0.5) is 5.13 Å². The Morgan fingerprint density at radius 3 is 2.36 bits per heavy atom. The number of rotatable bonds is 3. The van der Waals surface area contributed by atoms with Gasteiger partial charge in [0.2, 0.25) is 0 Å². The molecule has 22 heavy (non-hydrogen) atoms. The number of nitrogens with one attached hydrogen (secondary N) is 1. The molecule has 1 amide bonds. The molecule has 0 saturated carbocycles. The van der Waals surface area contributed by atoms with Crippen molar-refractivity contribution in [3.8, 4) is 0 Å². The van der Waals surface area contributed by atoms with Crippen molar-refractivity contribution < 1.29 is 9.59 Å². The average molecular weight is 320 g/mol. The van der Waals surface area contributed by atoms with E-state index in [-0.39, 0.29) is 5.41 Å². The van der Waals surface area contributed by atoms with Gasteiger partial charge in [0.15, 0.2) is 5.13 Å². The second kappa shape index (κ2) is 5.64. The highest BCUT2D eigenvalue weighted by Crippen LogP contribution is 2.26. The van der Waals surface area contributed by atoms with Gasteiger partial charge in [0.1, 0.15) is 0 Å². The SMILES string of the molecule is Cc1nn(C)c(C)c1C(=O)C(=O)Nc1nc(C(C)(C)C)cs1. The van der Waals surface area contributed by atoms with Crippen LogP contribution in [0.15, 0.2) is 5.38 Å². The lowest BCUT2D eigenvalue weighted by Crippen LogP contribution is -2.24. The van der Waals surface area contributed by atoms with Crippen LogP contribution in [0.1, 0.15) is 48.2 Å². The van der Waals surface area contributed by atoms with Gasteiger partial charge in [-0.2, -0.15) is 5.10 Å². The van der Waals surface area contributed by atoms with Crippen LogP contribution >= 0.6 is 11.3 Å². The Hall–Kier alpha value is -2.02. The first-order chi connectivity index (χ1) is 10.1. The van der Waals surface area contributed by atoms with Crippen molar-refractivity contribution in [2.75, 3.05) is 5.32 Å². The Morgan fingerprint density at radius 2 is 1.91 bits per heavy atom. The molecule has 2 rings (SSSR count). The summed E-state index contributed by atoms with van der Waals surface area (Å²) < 4.78 is 1.59. The van der Waals surface area contributed by atoms with Gasteiger partial charge in [-0.25, -0.2) is 4.98 Å². The fourth-order valence-corrected chi connectivity index (χ4v) is 2.98. The van der Waals surface area contributed by atoms with Gasteiger partial charge in [-0.3, -0.25) is 19.6 Å². The molecule has 0 fully saturated rings. The maximum absolute atomic E-state index is 12.3. The minimum atomic E-state index is -0.686. The van der Waals surface area contributed by atoms with Crippen LogP contribution in [-0.4, -0.2) is 26.5 Å². The van der Waals surface area contributed by atoms with Crippen LogP contribution in [0.25, 0.3) is 0 Å². The van der Waals surface area contributed by atoms with E-state index < -0.39 is 11.7 Å². The molecule has 6 nitrogen and oxygen atoms in total. The zero-order valence-corrected chi connectivity index (χ0v) is 14.5. The summed E-state index contributed by atoms with van der Waals surface area (Å²) in [6.45, 7) is 9.61. The molecule has 1 N–H and O–H groups in total. The molecule has 2 heterocycles. The van der Waals surface area contributed by atoms with Crippen LogP contribution in [0, 0.1) is 13.8 Å². The van der Waals surface area contributed by atoms with E-state index in [1.54, 1.807) is 25.6 Å². The molecule has 118 valence electrons. The van der Waals surface area contributed by atoms with Crippen molar-refractivity contribution in [2.45, 2.75) is 40.0 Å². The van der Waals surface area contributed by atoms with E-state index in [1.807, 2.05) is 26.2 Å². The molecule has 0 unspecified atom stereocenters. The lowest BCUT2D eigenvalue weighted by Gasteiger charge is -2.14. The summed E-state index contributed by atoms with van der Waals surface area (Å²) in [5.74, 6) is -1.27. The number of Topliss-reactive ketones (excluding diaryl/α,β-unsaturated/α-hetero) is 1. The summed E-state index contributed by atoms with van der Waals surface area (Å²) in [7, 11) is 1.74. The fourth-order valence-electron chi connectivity index (χ4n) is 2.05. The van der Waals surface area contributed by atoms with Crippen molar-refractivity contribution in [2.24, 2.45) is 7.05 Å². The number of hydrogen-bond donors (Lipinski definition) is 1. The number of carbonyl (C=O) groups is 2. The highest BCUT2D eigenvalue weighted by Gasteiger charge is 2.25. The zero-order chi connectivity index (χ0) is 16.7. The van der Waals surface area contributed by atoms with Crippen molar-refractivity contribution in [1.82, 2.24) is 14.8 Å². The summed E-state index contributed by atoms with van der Waals surface area (Å²) in [5, 5.41) is 9.06. The summed E-state index contributed by atoms with van der Waals surface area (Å²) >= 11 is 1.31. The Bertz CT molecular complexity index is 737. The Morgan fingerprint density at radius 1 is 1.27 bits per heavy atom. The molecule has 0 aliphatic heterocycles. The van der Waals surface area contributed by atoms with Crippen LogP contribution < -0.4 is 5.32 Å². The van der Waals surface area contributed by atoms with Gasteiger partial charge in [-0.1, -0.05) is 20.8 Å². The lowest BCUT2D eigenvalue weighted by molar-refractivity contribution is -0.112. The van der Waals surface area contributed by atoms with Crippen molar-refractivity contribution in [3.63, 3.8) is 0 Å². The van der Waals surface area contributed by atoms with E-state index in [0.717, 1.165) is 5.69 Å². The topological polar surface area (TPSA) is 76.9 Å². The van der Waals surface area contributed by atoms with E-state index in [1.165, 1.54) is 11.3 Å². The van der Waals surface area contributed by atoms with Crippen LogP contribution in [0.3, 0.4) is 0 Å². The number of aryl methyl sites for hydroxylation is 2. The second-order valence-electron chi connectivity index (χ2n) is 6.24. The molecule has 0 aromatic carbocycles. The van der Waals surface area contributed by atoms with Gasteiger partial charge in [0.05, 0.1) is 17.0 Å². The molecular formula is C15H20N4O2S. The number of aromatic nitrogens is 3. The first-order valence-electron chi connectivity index (χ1n) is 6.93. The molecular weight excluding hydrogens is 300 g/mol. The number of carbonyl (C=O) groups excluding carboxylic acids is 2. The van der Waals surface area contributed by atoms with E-state index in [0.29, 0.717) is 22.1 Å². The van der Waals surface area contributed by atoms with Gasteiger partial charge < -0.3 is 0 Å². The third-order valence-electron chi connectivity index (χ3n) is 3.44. The number of ketones is 1. The van der Waals surface area contributed by atoms with Crippen molar-refractivity contribution in [1.29, 1.82) is 0 Å². The van der Waals surface area contributed by atoms with Gasteiger partial charge in [0, 0.05) is 23.5 Å². The predicted octanol–water partition coefficient (Wildman–Crippen LogP) is 2.61. The molecule has 0 spiro atoms. The molecule has 0 aliphatic carbocycles. The number of anilines is 1. The predicted molar refractivity (Wildman–Crippen MR) is 86.5 cm³/mol. The first-order valence-corrected chi connectivity index (χ1v) is 7.81. The highest BCUT2D eigenvalue weighted by atomic mass is 32.1. The number of thiazole rings is 1. The van der Waals surface area contributed by atoms with E-state index in [9.17, 15) is 9.59 Å². The molecule has 0 aliphatic rings. The molecule has 0 saturated heterocycles. The third kappa shape index (κ3) is 3.09. The lowest BCUT2D eigenvalue weighted by atomic mass is 9.93. The molecule has 0 atom stereocenters. The minimum Gasteiger partial charge on any atom is -0.295 e. The molecule has 2 aromatic heterocycles. The summed E-state index contributed by atoms with van der Waals surface area (Å²) in [5.41, 5.74) is 2.36. The average Bonchev–Trinajstić information content (AvgIpc) is 2.95. The van der Waals surface area contributed by atoms with Gasteiger partial charge in [-0.05, 0) is 13.8 Å². The normalized spacial score (nSPS) is 11.5. The Labute approximate surface area is 133 Å². The molecule has 0 bridgehead atoms. The van der Waals surface area contributed by atoms with Crippen LogP contribution in [-0.2, 0) is 17.3 Å². The van der Waals surface area contributed by atoms with Gasteiger partial charge in [0.25, 0.3) is 11.7 Å². The number of nitrogens with zero attached hydrogens (tertiary/aromatic N) is 3. The maximum Gasteiger partial charge on any atom is 0.298 e. The monoisotopic (exact) mass is 320 g/mol. The fraction of sp³-hybridized carbons (Fsp3) is 0.467. The zero-order valence-electron chi connectivity index (χ0n) is 13.6. The third-order valence-corrected chi connectivity index (χ3v) is 4.19. The quantitative estimate of drug-likeness (QED) is 0.696. The summed E-state index contributed by atoms with van der Waals surface area (Å²) in [6.07, 6.45) is 0. The number of hydrogen-bond acceptors (Lipinski definition) is 5. The standard InChI is InChI=1S/C15H20N4O2S/c1-8-11(9(2)19(6)18-8)12(20)13(21)17-14-16-10(7-22-14)15(3,4)5/h7H,1-6H3,(H,16,17,21). The molecule has 2 aromatic rings. The van der Waals surface area contributed by atoms with E-state index in [4.69, 9.17) is 0 Å². The smallest absolute Gasteiger partial charge is 0.295 e. The molecule has 7 heteroatoms. The molecule has 0 radical (unpaired) electrons. The first kappa shape index (κ1) is 16.4. The summed E-state index contributed by atoms with van der Waals surface area (Å²) in [6, 6.07) is 0. The van der Waals surface area contributed by atoms with Gasteiger partial charge >= 0.3 is 0 Å². The van der Waals surface area contributed by atoms with Gasteiger partial charge in [-0.15, -0.1) is 11.3 Å². The van der Waals surface area contributed by atoms with Crippen LogP contribution in [0.5, 0.6) is 0 Å². The number of amides is 1. The van der Waals surface area contributed by atoms with Crippen LogP contribution in [0.2, 0.25) is 0 Å². The Balaban J connectivity index is 2.19. The maximum atomic E-state index is 12.3. The van der Waals surface area contributed by atoms with E-state index in [2.05, 4.69) is 15.4 Å².